The van der Waals surface area contributed by atoms with Crippen LogP contribution < -0.4 is 10.6 Å². The van der Waals surface area contributed by atoms with Crippen molar-refractivity contribution in [3.8, 4) is 0 Å². The standard InChI is InChI=1S/C31H40ClFN2O9S/c1-17(2)30(35-27(37)12-19-11-20(43-14-29(40)42-5)9-10-26(19)44-18(3)4)31(41)34-24(13-28(38)39)25(36)16-45-15-21-22(32)7-6-8-23(21)33/h6-9,11,17-18,24,26,30H,10,12-16H2,1-5H3,(H,34,41)(H,35,37)(H,38,39). The minimum Gasteiger partial charge on any atom is -0.482 e. The predicted molar refractivity (Wildman–Crippen MR) is 167 cm³/mol. The molecular weight excluding hydrogens is 631 g/mol. The van der Waals surface area contributed by atoms with Gasteiger partial charge in [-0.05, 0) is 56.0 Å². The first-order valence-electron chi connectivity index (χ1n) is 14.3. The Labute approximate surface area is 271 Å². The number of hydrogen-bond acceptors (Lipinski definition) is 9. The number of hydrogen-bond donors (Lipinski definition) is 3. The fourth-order valence-corrected chi connectivity index (χ4v) is 5.61. The maximum absolute atomic E-state index is 14.1. The maximum Gasteiger partial charge on any atom is 0.343 e. The number of carboxylic acids is 1. The highest BCUT2D eigenvalue weighted by Crippen LogP contribution is 2.26. The number of thioether (sulfide) groups is 1. The van der Waals surface area contributed by atoms with Crippen molar-refractivity contribution >= 4 is 52.9 Å². The summed E-state index contributed by atoms with van der Waals surface area (Å²) in [5, 5.41) is 14.7. The van der Waals surface area contributed by atoms with Crippen molar-refractivity contribution in [3.63, 3.8) is 0 Å². The van der Waals surface area contributed by atoms with Gasteiger partial charge in [0.25, 0.3) is 0 Å². The summed E-state index contributed by atoms with van der Waals surface area (Å²) in [6.45, 7) is 6.78. The van der Waals surface area contributed by atoms with E-state index in [4.69, 9.17) is 21.1 Å². The van der Waals surface area contributed by atoms with Crippen LogP contribution in [-0.4, -0.2) is 78.4 Å². The maximum atomic E-state index is 14.1. The number of rotatable bonds is 18. The molecule has 1 aromatic rings. The molecule has 0 saturated heterocycles. The monoisotopic (exact) mass is 670 g/mol. The number of carbonyl (C=O) groups excluding carboxylic acids is 4. The summed E-state index contributed by atoms with van der Waals surface area (Å²) in [6, 6.07) is 1.76. The Balaban J connectivity index is 2.10. The number of amides is 2. The first-order chi connectivity index (χ1) is 21.2. The lowest BCUT2D eigenvalue weighted by Gasteiger charge is -2.27. The number of ketones is 1. The van der Waals surface area contributed by atoms with Crippen molar-refractivity contribution < 1.29 is 47.7 Å². The first kappa shape index (κ1) is 37.8. The average Bonchev–Trinajstić information content (AvgIpc) is 2.96. The van der Waals surface area contributed by atoms with Crippen LogP contribution in [0, 0.1) is 11.7 Å². The summed E-state index contributed by atoms with van der Waals surface area (Å²) in [4.78, 5) is 62.4. The molecule has 0 aliphatic heterocycles. The van der Waals surface area contributed by atoms with Crippen LogP contribution >= 0.6 is 23.4 Å². The molecule has 0 radical (unpaired) electrons. The van der Waals surface area contributed by atoms with E-state index in [2.05, 4.69) is 15.4 Å². The van der Waals surface area contributed by atoms with E-state index < -0.39 is 65.9 Å². The number of ether oxygens (including phenoxy) is 3. The minimum atomic E-state index is -1.37. The highest BCUT2D eigenvalue weighted by molar-refractivity contribution is 7.99. The fourth-order valence-electron chi connectivity index (χ4n) is 4.30. The van der Waals surface area contributed by atoms with Crippen molar-refractivity contribution in [1.29, 1.82) is 0 Å². The highest BCUT2D eigenvalue weighted by atomic mass is 35.5. The van der Waals surface area contributed by atoms with E-state index in [1.807, 2.05) is 13.8 Å². The van der Waals surface area contributed by atoms with Gasteiger partial charge in [-0.3, -0.25) is 19.2 Å². The van der Waals surface area contributed by atoms with Crippen molar-refractivity contribution in [3.05, 3.63) is 58.1 Å². The van der Waals surface area contributed by atoms with Crippen LogP contribution in [0.5, 0.6) is 0 Å². The molecule has 3 atom stereocenters. The van der Waals surface area contributed by atoms with Crippen LogP contribution in [-0.2, 0) is 43.9 Å². The molecule has 45 heavy (non-hydrogen) atoms. The number of Topliss-reactive ketones (excluding diaryl/α,β-unsaturated/α-hetero) is 1. The molecule has 3 N–H and O–H groups in total. The zero-order valence-electron chi connectivity index (χ0n) is 25.9. The lowest BCUT2D eigenvalue weighted by molar-refractivity contribution is -0.144. The van der Waals surface area contributed by atoms with E-state index in [1.165, 1.54) is 25.3 Å². The summed E-state index contributed by atoms with van der Waals surface area (Å²) in [5.41, 5.74) is 0.780. The summed E-state index contributed by atoms with van der Waals surface area (Å²) >= 11 is 7.07. The third kappa shape index (κ3) is 12.8. The van der Waals surface area contributed by atoms with E-state index in [1.54, 1.807) is 26.0 Å². The van der Waals surface area contributed by atoms with Gasteiger partial charge in [-0.15, -0.1) is 11.8 Å². The number of esters is 1. The molecule has 1 aliphatic carbocycles. The molecule has 2 rings (SSSR count). The van der Waals surface area contributed by atoms with E-state index in [0.717, 1.165) is 11.8 Å². The Morgan fingerprint density at radius 3 is 2.44 bits per heavy atom. The van der Waals surface area contributed by atoms with Gasteiger partial charge in [-0.2, -0.15) is 0 Å². The normalized spacial score (nSPS) is 15.9. The Morgan fingerprint density at radius 2 is 1.84 bits per heavy atom. The quantitative estimate of drug-likeness (QED) is 0.195. The van der Waals surface area contributed by atoms with Crippen LogP contribution in [0.15, 0.2) is 41.7 Å². The topological polar surface area (TPSA) is 157 Å². The van der Waals surface area contributed by atoms with Crippen molar-refractivity contribution in [2.75, 3.05) is 19.5 Å². The number of carbonyl (C=O) groups is 5. The number of carboxylic acid groups (broad SMARTS) is 1. The third-order valence-corrected chi connectivity index (χ3v) is 7.90. The van der Waals surface area contributed by atoms with Crippen molar-refractivity contribution in [1.82, 2.24) is 10.6 Å². The van der Waals surface area contributed by atoms with Gasteiger partial charge in [0.05, 0.1) is 44.0 Å². The fraction of sp³-hybridized carbons (Fsp3) is 0.516. The number of methoxy groups -OCH3 is 1. The van der Waals surface area contributed by atoms with E-state index in [-0.39, 0.29) is 41.2 Å². The molecule has 0 saturated carbocycles. The number of nitrogens with one attached hydrogen (secondary N) is 2. The lowest BCUT2D eigenvalue weighted by Crippen LogP contribution is -2.54. The molecule has 3 unspecified atom stereocenters. The van der Waals surface area contributed by atoms with Crippen LogP contribution in [0.1, 0.15) is 52.5 Å². The van der Waals surface area contributed by atoms with Gasteiger partial charge >= 0.3 is 11.9 Å². The Kier molecular flexibility index (Phi) is 15.5. The first-order valence-corrected chi connectivity index (χ1v) is 15.9. The minimum absolute atomic E-state index is 0.0671. The number of halogens is 2. The number of aliphatic carboxylic acids is 1. The lowest BCUT2D eigenvalue weighted by atomic mass is 9.96. The largest absolute Gasteiger partial charge is 0.482 e. The van der Waals surface area contributed by atoms with E-state index in [0.29, 0.717) is 17.8 Å². The Hall–Kier alpha value is -3.42. The highest BCUT2D eigenvalue weighted by Gasteiger charge is 2.31. The van der Waals surface area contributed by atoms with Crippen LogP contribution in [0.4, 0.5) is 4.39 Å². The molecule has 11 nitrogen and oxygen atoms in total. The summed E-state index contributed by atoms with van der Waals surface area (Å²) in [7, 11) is 1.24. The van der Waals surface area contributed by atoms with E-state index >= 15 is 0 Å². The molecule has 0 spiro atoms. The molecular formula is C31H40ClFN2O9S. The summed E-state index contributed by atoms with van der Waals surface area (Å²) in [6.07, 6.45) is 2.32. The van der Waals surface area contributed by atoms with Gasteiger partial charge in [0.15, 0.2) is 12.4 Å². The van der Waals surface area contributed by atoms with Gasteiger partial charge in [0, 0.05) is 16.3 Å². The van der Waals surface area contributed by atoms with Gasteiger partial charge in [0.2, 0.25) is 11.8 Å². The zero-order valence-corrected chi connectivity index (χ0v) is 27.5. The molecule has 0 bridgehead atoms. The SMILES string of the molecule is COC(=O)COC1=CCC(OC(C)C)C(CC(=O)NC(C(=O)NC(CC(=O)O)C(=O)CSCc2c(F)cccc2Cl)C(C)C)=C1. The number of allylic oxidation sites excluding steroid dienone is 1. The second kappa shape index (κ2) is 18.5. The van der Waals surface area contributed by atoms with E-state index in [9.17, 15) is 33.5 Å². The van der Waals surface area contributed by atoms with Crippen molar-refractivity contribution in [2.45, 2.75) is 77.0 Å². The Bertz CT molecular complexity index is 1280. The molecule has 2 amide bonds. The zero-order chi connectivity index (χ0) is 33.7. The van der Waals surface area contributed by atoms with Crippen LogP contribution in [0.3, 0.4) is 0 Å². The van der Waals surface area contributed by atoms with Crippen molar-refractivity contribution in [2.24, 2.45) is 5.92 Å². The Morgan fingerprint density at radius 1 is 1.13 bits per heavy atom. The van der Waals surface area contributed by atoms with Crippen LogP contribution in [0.25, 0.3) is 0 Å². The molecule has 1 aromatic carbocycles. The molecule has 14 heteroatoms. The average molecular weight is 671 g/mol. The predicted octanol–water partition coefficient (Wildman–Crippen LogP) is 3.97. The van der Waals surface area contributed by atoms with Gasteiger partial charge in [0.1, 0.15) is 17.6 Å². The smallest absolute Gasteiger partial charge is 0.343 e. The molecule has 0 heterocycles. The summed E-state index contributed by atoms with van der Waals surface area (Å²) in [5.74, 6) is -4.41. The second-order valence-electron chi connectivity index (χ2n) is 10.9. The second-order valence-corrected chi connectivity index (χ2v) is 12.3. The molecule has 0 aromatic heterocycles. The molecule has 1 aliphatic rings. The summed E-state index contributed by atoms with van der Waals surface area (Å²) < 4.78 is 30.1. The number of benzene rings is 1. The van der Waals surface area contributed by atoms with Gasteiger partial charge in [-0.1, -0.05) is 31.5 Å². The third-order valence-electron chi connectivity index (χ3n) is 6.56. The molecule has 0 fully saturated rings. The van der Waals surface area contributed by atoms with Gasteiger partial charge < -0.3 is 30.0 Å². The van der Waals surface area contributed by atoms with Gasteiger partial charge in [-0.25, -0.2) is 9.18 Å². The molecule has 248 valence electrons. The van der Waals surface area contributed by atoms with Crippen LogP contribution in [0.2, 0.25) is 5.02 Å².